The summed E-state index contributed by atoms with van der Waals surface area (Å²) in [6, 6.07) is 0. The molecule has 0 bridgehead atoms. The summed E-state index contributed by atoms with van der Waals surface area (Å²) in [5, 5.41) is 0. The number of hydrogen-bond donors (Lipinski definition) is 0. The summed E-state index contributed by atoms with van der Waals surface area (Å²) in [5.41, 5.74) is 0. The lowest BCUT2D eigenvalue weighted by Gasteiger charge is -2.24. The SMILES string of the molecule is C[SiH](C)O[Si](C)(C)O[Si](=O)[Si](=O)[Si](=O)[Si](=O)[Si](=O)[Si](=O)[Si](=O)[Si](=O)[Si](=O)[SiH](C)O[Si](=O)[Si](=O)[Si](=O)[Si](=O)[Si](=O)[Si](=O)[Si](=O)[Si](=O)[Si](=O)[SiH](C)C. The van der Waals surface area contributed by atoms with Gasteiger partial charge in [0.25, 0.3) is 8.56 Å². The van der Waals surface area contributed by atoms with Crippen LogP contribution in [-0.2, 0) is 92.7 Å². The Bertz CT molecular complexity index is 1750. The van der Waals surface area contributed by atoms with E-state index in [1.807, 2.05) is 0 Å². The Morgan fingerprint density at radius 1 is 0.380 bits per heavy atom. The van der Waals surface area contributed by atoms with Gasteiger partial charge in [0.15, 0.2) is 9.04 Å². The molecule has 0 aliphatic heterocycles. The second-order valence-electron chi connectivity index (χ2n) is 10.5. The fourth-order valence-corrected chi connectivity index (χ4v) is 210. The van der Waals surface area contributed by atoms with E-state index in [4.69, 9.17) is 12.3 Å². The van der Waals surface area contributed by atoms with Crippen LogP contribution in [-0.4, -0.2) is 175 Å². The third kappa shape index (κ3) is 14.8. The van der Waals surface area contributed by atoms with Gasteiger partial charge in [-0.3, -0.25) is 0 Å². The first-order valence-electron chi connectivity index (χ1n) is 13.4. The van der Waals surface area contributed by atoms with Crippen molar-refractivity contribution in [1.82, 2.24) is 0 Å². The van der Waals surface area contributed by atoms with Crippen molar-refractivity contribution < 1.29 is 92.7 Å². The van der Waals surface area contributed by atoms with Crippen LogP contribution in [0.4, 0.5) is 0 Å². The van der Waals surface area contributed by atoms with Crippen LogP contribution in [0.3, 0.4) is 0 Å². The molecule has 1 atom stereocenters. The second kappa shape index (κ2) is 22.3. The van der Waals surface area contributed by atoms with Crippen LogP contribution in [0.25, 0.3) is 0 Å². The molecule has 0 heterocycles. The lowest BCUT2D eigenvalue weighted by molar-refractivity contribution is 0.384. The van der Waals surface area contributed by atoms with Crippen molar-refractivity contribution in [1.29, 1.82) is 0 Å². The van der Waals surface area contributed by atoms with E-state index in [-0.39, 0.29) is 0 Å². The molecule has 0 fully saturated rings. The van der Waals surface area contributed by atoms with E-state index in [0.29, 0.717) is 0 Å². The van der Waals surface area contributed by atoms with Crippen LogP contribution >= 0.6 is 0 Å². The first-order valence-corrected chi connectivity index (χ1v) is 67.7. The molecular weight excluding hydrogens is 1040 g/mol. The summed E-state index contributed by atoms with van der Waals surface area (Å²) in [5.74, 6) is 0. The topological polar surface area (TPSA) is 335 Å². The van der Waals surface area contributed by atoms with Gasteiger partial charge in [0.1, 0.15) is 0 Å². The van der Waals surface area contributed by atoms with Crippen LogP contribution in [0.2, 0.25) is 45.8 Å². The molecule has 0 aromatic rings. The molecule has 0 amide bonds. The minimum Gasteiger partial charge on any atom is -0.577 e. The van der Waals surface area contributed by atoms with Gasteiger partial charge in [0, 0.05) is 0 Å². The second-order valence-corrected chi connectivity index (χ2v) is 111. The molecular formula is C7H24O21Si22. The molecule has 0 saturated carbocycles. The maximum absolute atomic E-state index is 12.8. The minimum absolute atomic E-state index is 0.935. The average molecular weight is 1060 g/mol. The quantitative estimate of drug-likeness (QED) is 0.0811. The summed E-state index contributed by atoms with van der Waals surface area (Å²) < 4.78 is 240. The molecule has 0 spiro atoms. The lowest BCUT2D eigenvalue weighted by Crippen LogP contribution is -2.55. The van der Waals surface area contributed by atoms with Crippen molar-refractivity contribution in [3.63, 3.8) is 0 Å². The molecule has 0 rings (SSSR count). The summed E-state index contributed by atoms with van der Waals surface area (Å²) >= 11 is 0. The zero-order valence-corrected chi connectivity index (χ0v) is 49.3. The van der Waals surface area contributed by atoms with Gasteiger partial charge >= 0.3 is 149 Å². The highest BCUT2D eigenvalue weighted by Gasteiger charge is 2.54. The van der Waals surface area contributed by atoms with Gasteiger partial charge in [-0.25, -0.2) is 0 Å². The van der Waals surface area contributed by atoms with E-state index in [2.05, 4.69) is 0 Å². The molecule has 0 N–H and O–H groups in total. The predicted molar refractivity (Wildman–Crippen MR) is 187 cm³/mol. The first kappa shape index (κ1) is 50.7. The number of rotatable bonds is 24. The Labute approximate surface area is 310 Å². The summed E-state index contributed by atoms with van der Waals surface area (Å²) in [6.07, 6.45) is 0. The van der Waals surface area contributed by atoms with Gasteiger partial charge in [0.2, 0.25) is 0 Å². The summed E-state index contributed by atoms with van der Waals surface area (Å²) in [6.45, 7) is 10.4. The Balaban J connectivity index is 5.55. The molecule has 0 aromatic heterocycles. The molecule has 0 aliphatic carbocycles. The highest BCUT2D eigenvalue weighted by atomic mass is 30.1. The Morgan fingerprint density at radius 3 is 0.980 bits per heavy atom. The van der Waals surface area contributed by atoms with Gasteiger partial charge in [-0.15, -0.1) is 0 Å². The van der Waals surface area contributed by atoms with Gasteiger partial charge in [-0.05, 0) is 32.7 Å². The zero-order chi connectivity index (χ0) is 39.7. The smallest absolute Gasteiger partial charge is 0.533 e. The van der Waals surface area contributed by atoms with Crippen molar-refractivity contribution in [2.24, 2.45) is 0 Å². The molecule has 1 unspecified atom stereocenters. The van der Waals surface area contributed by atoms with Crippen molar-refractivity contribution in [3.8, 4) is 0 Å². The normalized spacial score (nSPS) is 11.3. The molecule has 43 heteroatoms. The van der Waals surface area contributed by atoms with E-state index >= 15 is 0 Å². The predicted octanol–water partition coefficient (Wildman–Crippen LogP) is -7.44. The third-order valence-electron chi connectivity index (χ3n) is 5.33. The zero-order valence-electron chi connectivity index (χ0n) is 26.8. The van der Waals surface area contributed by atoms with Crippen LogP contribution in [0.15, 0.2) is 0 Å². The minimum atomic E-state index is -4.15. The first-order chi connectivity index (χ1) is 22.6. The standard InChI is InChI=1S/C7H24O21Si22/c1-29(2)27-50(6,7)28-33(9)37(13)41(17)45(21)49(25)47(23)43(19)39(15)35(11)31(5)26-32(8)36(12)40(16)44(20)48(24)46(22)42(18)38(14)34(10)30(3)4/h29-31H,1-7H3. The number of hydrogen-bond acceptors (Lipinski definition) is 21. The van der Waals surface area contributed by atoms with Gasteiger partial charge in [-0.2, -0.15) is 0 Å². The molecule has 21 nitrogen and oxygen atoms in total. The van der Waals surface area contributed by atoms with Crippen molar-refractivity contribution >= 4 is 175 Å². The highest BCUT2D eigenvalue weighted by molar-refractivity contribution is 7.78. The summed E-state index contributed by atoms with van der Waals surface area (Å²) in [4.78, 5) is 0. The Kier molecular flexibility index (Phi) is 22.7. The Hall–Kier alpha value is 0.731. The maximum atomic E-state index is 12.8. The van der Waals surface area contributed by atoms with Crippen molar-refractivity contribution in [2.45, 2.75) is 45.8 Å². The van der Waals surface area contributed by atoms with E-state index in [0.717, 1.165) is 6.55 Å². The van der Waals surface area contributed by atoms with Crippen molar-refractivity contribution in [3.05, 3.63) is 0 Å². The van der Waals surface area contributed by atoms with Crippen LogP contribution in [0.1, 0.15) is 0 Å². The average Bonchev–Trinajstić information content (AvgIpc) is 3.04. The van der Waals surface area contributed by atoms with E-state index in [1.165, 1.54) is 26.2 Å². The van der Waals surface area contributed by atoms with Gasteiger partial charge in [-0.1, -0.05) is 13.1 Å². The van der Waals surface area contributed by atoms with E-state index in [1.54, 1.807) is 13.1 Å². The summed E-state index contributed by atoms with van der Waals surface area (Å²) in [7, 11) is -80.4. The fourth-order valence-electron chi connectivity index (χ4n) is 3.02. The molecule has 50 heavy (non-hydrogen) atoms. The van der Waals surface area contributed by atoms with Crippen LogP contribution < -0.4 is 0 Å². The van der Waals surface area contributed by atoms with E-state index < -0.39 is 175 Å². The molecule has 266 valence electrons. The fraction of sp³-hybridized carbons (Fsp3) is 1.00. The highest BCUT2D eigenvalue weighted by Crippen LogP contribution is 2.08. The lowest BCUT2D eigenvalue weighted by atomic mass is 11.9. The largest absolute Gasteiger partial charge is 0.577 e. The maximum Gasteiger partial charge on any atom is 0.533 e. The van der Waals surface area contributed by atoms with E-state index in [9.17, 15) is 80.3 Å². The molecule has 0 aliphatic rings. The van der Waals surface area contributed by atoms with Crippen LogP contribution in [0, 0.1) is 0 Å². The van der Waals surface area contributed by atoms with Crippen LogP contribution in [0.5, 0.6) is 0 Å². The van der Waals surface area contributed by atoms with Gasteiger partial charge in [0.05, 0.1) is 8.31 Å². The van der Waals surface area contributed by atoms with Gasteiger partial charge < -0.3 is 92.7 Å². The monoisotopic (exact) mass is 1060 g/mol. The van der Waals surface area contributed by atoms with Crippen molar-refractivity contribution in [2.75, 3.05) is 0 Å². The molecule has 0 radical (unpaired) electrons. The Morgan fingerprint density at radius 2 is 0.660 bits per heavy atom. The molecule has 0 saturated heterocycles. The third-order valence-corrected chi connectivity index (χ3v) is 154. The molecule has 0 aromatic carbocycles.